The van der Waals surface area contributed by atoms with Gasteiger partial charge in [-0.3, -0.25) is 14.6 Å². The van der Waals surface area contributed by atoms with Gasteiger partial charge in [-0.05, 0) is 12.8 Å². The molecule has 5 nitrogen and oxygen atoms in total. The number of ether oxygens (including phenoxy) is 1. The van der Waals surface area contributed by atoms with Crippen LogP contribution in [0.2, 0.25) is 0 Å². The zero-order chi connectivity index (χ0) is 11.4. The molecule has 2 saturated heterocycles. The van der Waals surface area contributed by atoms with E-state index in [1.807, 2.05) is 4.90 Å². The number of carboxylic acid groups (broad SMARTS) is 1. The van der Waals surface area contributed by atoms with Crippen LogP contribution in [0.4, 0.5) is 0 Å². The van der Waals surface area contributed by atoms with E-state index in [0.29, 0.717) is 6.10 Å². The number of rotatable bonds is 4. The van der Waals surface area contributed by atoms with Crippen molar-refractivity contribution in [1.29, 1.82) is 0 Å². The predicted molar refractivity (Wildman–Crippen MR) is 66.7 cm³/mol. The lowest BCUT2D eigenvalue weighted by Crippen LogP contribution is -2.49. The van der Waals surface area contributed by atoms with Gasteiger partial charge in [-0.1, -0.05) is 0 Å². The van der Waals surface area contributed by atoms with E-state index in [-0.39, 0.29) is 19.0 Å². The van der Waals surface area contributed by atoms with Crippen molar-refractivity contribution in [3.63, 3.8) is 0 Å². The second kappa shape index (κ2) is 7.16. The Morgan fingerprint density at radius 3 is 2.41 bits per heavy atom. The smallest absolute Gasteiger partial charge is 0.317 e. The van der Waals surface area contributed by atoms with Gasteiger partial charge in [0.05, 0.1) is 12.6 Å². The van der Waals surface area contributed by atoms with E-state index in [1.54, 1.807) is 0 Å². The molecule has 0 amide bonds. The summed E-state index contributed by atoms with van der Waals surface area (Å²) in [6.07, 6.45) is 2.77. The van der Waals surface area contributed by atoms with Crippen LogP contribution in [0.1, 0.15) is 12.8 Å². The molecule has 0 saturated carbocycles. The highest BCUT2D eigenvalue weighted by molar-refractivity contribution is 5.85. The van der Waals surface area contributed by atoms with Crippen LogP contribution in [0.3, 0.4) is 0 Å². The summed E-state index contributed by atoms with van der Waals surface area (Å²) in [4.78, 5) is 14.9. The lowest BCUT2D eigenvalue weighted by molar-refractivity contribution is -0.138. The molecule has 0 aromatic heterocycles. The summed E-state index contributed by atoms with van der Waals surface area (Å²) < 4.78 is 5.60. The summed E-state index contributed by atoms with van der Waals surface area (Å²) in [5.41, 5.74) is 0. The molecule has 0 aromatic rings. The fraction of sp³-hybridized carbons (Fsp3) is 0.909. The van der Waals surface area contributed by atoms with Gasteiger partial charge in [0.1, 0.15) is 0 Å². The molecule has 100 valence electrons. The Hall–Kier alpha value is -0.360. The molecular formula is C11H21ClN2O3. The summed E-state index contributed by atoms with van der Waals surface area (Å²) in [6.45, 7) is 5.75. The number of nitrogens with zero attached hydrogens (tertiary/aromatic N) is 2. The maximum Gasteiger partial charge on any atom is 0.317 e. The summed E-state index contributed by atoms with van der Waals surface area (Å²) >= 11 is 0. The minimum absolute atomic E-state index is 0. The lowest BCUT2D eigenvalue weighted by atomic mass is 10.2. The molecular weight excluding hydrogens is 244 g/mol. The van der Waals surface area contributed by atoms with E-state index in [2.05, 4.69) is 4.90 Å². The van der Waals surface area contributed by atoms with Crippen LogP contribution in [0.25, 0.3) is 0 Å². The van der Waals surface area contributed by atoms with Crippen LogP contribution in [-0.2, 0) is 9.53 Å². The van der Waals surface area contributed by atoms with Gasteiger partial charge in [-0.2, -0.15) is 0 Å². The third kappa shape index (κ3) is 4.79. The Kier molecular flexibility index (Phi) is 6.19. The van der Waals surface area contributed by atoms with Crippen LogP contribution in [0.15, 0.2) is 0 Å². The van der Waals surface area contributed by atoms with Gasteiger partial charge in [0.2, 0.25) is 0 Å². The molecule has 2 fully saturated rings. The van der Waals surface area contributed by atoms with Gasteiger partial charge in [0.15, 0.2) is 0 Å². The average Bonchev–Trinajstić information content (AvgIpc) is 2.73. The molecule has 1 N–H and O–H groups in total. The number of halogens is 1. The van der Waals surface area contributed by atoms with Crippen molar-refractivity contribution in [3.8, 4) is 0 Å². The van der Waals surface area contributed by atoms with Gasteiger partial charge >= 0.3 is 5.97 Å². The molecule has 0 spiro atoms. The van der Waals surface area contributed by atoms with E-state index < -0.39 is 5.97 Å². The van der Waals surface area contributed by atoms with E-state index in [4.69, 9.17) is 9.84 Å². The van der Waals surface area contributed by atoms with Gasteiger partial charge in [0.25, 0.3) is 0 Å². The quantitative estimate of drug-likeness (QED) is 0.791. The van der Waals surface area contributed by atoms with E-state index >= 15 is 0 Å². The van der Waals surface area contributed by atoms with E-state index in [0.717, 1.165) is 39.3 Å². The maximum absolute atomic E-state index is 10.6. The predicted octanol–water partition coefficient (Wildman–Crippen LogP) is 0.289. The molecule has 6 heteroatoms. The zero-order valence-electron chi connectivity index (χ0n) is 10.0. The monoisotopic (exact) mass is 264 g/mol. The van der Waals surface area contributed by atoms with Crippen molar-refractivity contribution in [2.45, 2.75) is 18.9 Å². The first-order valence-corrected chi connectivity index (χ1v) is 6.02. The van der Waals surface area contributed by atoms with E-state index in [9.17, 15) is 4.79 Å². The summed E-state index contributed by atoms with van der Waals surface area (Å²) in [7, 11) is 0. The van der Waals surface area contributed by atoms with Crippen molar-refractivity contribution in [1.82, 2.24) is 9.80 Å². The van der Waals surface area contributed by atoms with Crippen molar-refractivity contribution < 1.29 is 14.6 Å². The van der Waals surface area contributed by atoms with Gasteiger partial charge in [0, 0.05) is 39.3 Å². The summed E-state index contributed by atoms with van der Waals surface area (Å²) in [5, 5.41) is 8.69. The highest BCUT2D eigenvalue weighted by Crippen LogP contribution is 2.14. The minimum atomic E-state index is -0.729. The molecule has 1 atom stereocenters. The molecule has 2 aliphatic rings. The molecule has 0 radical (unpaired) electrons. The molecule has 0 bridgehead atoms. The highest BCUT2D eigenvalue weighted by Gasteiger charge is 2.23. The molecule has 1 unspecified atom stereocenters. The van der Waals surface area contributed by atoms with Crippen molar-refractivity contribution in [3.05, 3.63) is 0 Å². The third-order valence-electron chi connectivity index (χ3n) is 3.31. The van der Waals surface area contributed by atoms with Crippen LogP contribution in [0.5, 0.6) is 0 Å². The summed E-state index contributed by atoms with van der Waals surface area (Å²) in [6, 6.07) is 0. The van der Waals surface area contributed by atoms with Crippen molar-refractivity contribution in [2.75, 3.05) is 45.9 Å². The average molecular weight is 265 g/mol. The van der Waals surface area contributed by atoms with Gasteiger partial charge in [-0.15, -0.1) is 12.4 Å². The Morgan fingerprint density at radius 2 is 1.88 bits per heavy atom. The first kappa shape index (κ1) is 14.7. The standard InChI is InChI=1S/C11H20N2O3.ClH/c14-11(15)9-13-5-3-12(4-6-13)8-10-2-1-7-16-10;/h10H,1-9H2,(H,14,15);1H. The Morgan fingerprint density at radius 1 is 1.24 bits per heavy atom. The number of hydrogen-bond donors (Lipinski definition) is 1. The largest absolute Gasteiger partial charge is 0.480 e. The lowest BCUT2D eigenvalue weighted by Gasteiger charge is -2.34. The van der Waals surface area contributed by atoms with Crippen molar-refractivity contribution in [2.24, 2.45) is 0 Å². The molecule has 0 aliphatic carbocycles. The Balaban J connectivity index is 0.00000144. The van der Waals surface area contributed by atoms with Crippen LogP contribution in [-0.4, -0.2) is 72.9 Å². The zero-order valence-corrected chi connectivity index (χ0v) is 10.8. The number of carbonyl (C=O) groups is 1. The second-order valence-electron chi connectivity index (χ2n) is 4.61. The normalized spacial score (nSPS) is 26.7. The van der Waals surface area contributed by atoms with Gasteiger partial charge < -0.3 is 9.84 Å². The maximum atomic E-state index is 10.6. The number of aliphatic carboxylic acids is 1. The van der Waals surface area contributed by atoms with Crippen LogP contribution < -0.4 is 0 Å². The van der Waals surface area contributed by atoms with Crippen LogP contribution >= 0.6 is 12.4 Å². The molecule has 17 heavy (non-hydrogen) atoms. The number of carboxylic acids is 1. The van der Waals surface area contributed by atoms with Crippen LogP contribution in [0, 0.1) is 0 Å². The number of piperazine rings is 1. The molecule has 2 heterocycles. The fourth-order valence-corrected chi connectivity index (χ4v) is 2.40. The molecule has 0 aromatic carbocycles. The Bertz CT molecular complexity index is 239. The SMILES string of the molecule is Cl.O=C(O)CN1CCN(CC2CCCO2)CC1. The second-order valence-corrected chi connectivity index (χ2v) is 4.61. The minimum Gasteiger partial charge on any atom is -0.480 e. The van der Waals surface area contributed by atoms with Crippen molar-refractivity contribution >= 4 is 18.4 Å². The fourth-order valence-electron chi connectivity index (χ4n) is 2.40. The first-order chi connectivity index (χ1) is 7.74. The third-order valence-corrected chi connectivity index (χ3v) is 3.31. The first-order valence-electron chi connectivity index (χ1n) is 6.02. The van der Waals surface area contributed by atoms with Gasteiger partial charge in [-0.25, -0.2) is 0 Å². The van der Waals surface area contributed by atoms with E-state index in [1.165, 1.54) is 12.8 Å². The highest BCUT2D eigenvalue weighted by atomic mass is 35.5. The number of hydrogen-bond acceptors (Lipinski definition) is 4. The summed E-state index contributed by atoms with van der Waals surface area (Å²) in [5.74, 6) is -0.729. The molecule has 2 rings (SSSR count). The Labute approximate surface area is 108 Å². The molecule has 2 aliphatic heterocycles. The topological polar surface area (TPSA) is 53.0 Å².